The maximum absolute atomic E-state index is 14.2. The van der Waals surface area contributed by atoms with E-state index in [2.05, 4.69) is 0 Å². The molecule has 1 saturated heterocycles. The van der Waals surface area contributed by atoms with Gasteiger partial charge in [0, 0.05) is 11.8 Å². The molecule has 4 aromatic rings. The van der Waals surface area contributed by atoms with Gasteiger partial charge in [0.15, 0.2) is 5.75 Å². The van der Waals surface area contributed by atoms with Crippen molar-refractivity contribution in [2.45, 2.75) is 11.8 Å². The molecule has 2 atom stereocenters. The van der Waals surface area contributed by atoms with Gasteiger partial charge in [-0.1, -0.05) is 72.8 Å². The normalized spacial score (nSPS) is 22.9. The summed E-state index contributed by atoms with van der Waals surface area (Å²) in [6, 6.07) is 28.0. The van der Waals surface area contributed by atoms with Crippen molar-refractivity contribution in [2.24, 2.45) is 11.8 Å². The van der Waals surface area contributed by atoms with Gasteiger partial charge in [-0.25, -0.2) is 14.1 Å². The van der Waals surface area contributed by atoms with Gasteiger partial charge in [-0.05, 0) is 46.5 Å². The molecule has 1 aliphatic heterocycles. The summed E-state index contributed by atoms with van der Waals surface area (Å²) >= 11 is 0. The van der Waals surface area contributed by atoms with E-state index in [1.54, 1.807) is 18.2 Å². The largest absolute Gasteiger partial charge is 0.421 e. The highest BCUT2D eigenvalue weighted by molar-refractivity contribution is 6.24. The van der Waals surface area contributed by atoms with Crippen molar-refractivity contribution >= 4 is 23.5 Å². The molecule has 0 saturated carbocycles. The molecular formula is C31H20FNO4. The number of esters is 1. The van der Waals surface area contributed by atoms with Gasteiger partial charge >= 0.3 is 5.97 Å². The minimum atomic E-state index is -0.901. The van der Waals surface area contributed by atoms with Crippen LogP contribution in [0.15, 0.2) is 97.1 Å². The molecule has 1 heterocycles. The zero-order chi connectivity index (χ0) is 25.3. The van der Waals surface area contributed by atoms with Crippen LogP contribution in [0, 0.1) is 17.7 Å². The number of hydrogen-bond donors (Lipinski definition) is 0. The van der Waals surface area contributed by atoms with Crippen molar-refractivity contribution in [2.75, 3.05) is 4.90 Å². The van der Waals surface area contributed by atoms with Crippen LogP contribution in [0.2, 0.25) is 0 Å². The van der Waals surface area contributed by atoms with E-state index in [0.717, 1.165) is 27.2 Å². The molecule has 4 aliphatic rings. The lowest BCUT2D eigenvalue weighted by Gasteiger charge is -2.45. The number of imide groups is 1. The number of ether oxygens (including phenoxy) is 1. The van der Waals surface area contributed by atoms with Crippen LogP contribution in [0.1, 0.15) is 44.4 Å². The highest BCUT2D eigenvalue weighted by Crippen LogP contribution is 2.61. The average molecular weight is 490 g/mol. The molecule has 2 bridgehead atoms. The minimum absolute atomic E-state index is 0.0264. The smallest absolute Gasteiger partial charge is 0.346 e. The van der Waals surface area contributed by atoms with Crippen LogP contribution in [0.4, 0.5) is 10.1 Å². The van der Waals surface area contributed by atoms with Crippen LogP contribution in [0.5, 0.6) is 5.75 Å². The fourth-order valence-electron chi connectivity index (χ4n) is 6.42. The minimum Gasteiger partial charge on any atom is -0.421 e. The standard InChI is InChI=1S/C31H20FNO4/c32-22-14-6-5-13-21(22)31(36)37-24-16-8-7-15-23(24)33-29(34)27-25-17-9-1-2-10-18(17)26(28(27)30(33)35)20-12-4-3-11-19(20)25/h1-16,25-28H/t25?,26?,27-,28-/m1/s1. The average Bonchev–Trinajstić information content (AvgIpc) is 3.19. The molecular weight excluding hydrogens is 469 g/mol. The Balaban J connectivity index is 1.32. The van der Waals surface area contributed by atoms with Crippen LogP contribution in [0.3, 0.4) is 0 Å². The fraction of sp³-hybridized carbons (Fsp3) is 0.129. The Morgan fingerprint density at radius 1 is 0.649 bits per heavy atom. The number of carbonyl (C=O) groups excluding carboxylic acids is 3. The Morgan fingerprint density at radius 3 is 1.65 bits per heavy atom. The van der Waals surface area contributed by atoms with E-state index in [4.69, 9.17) is 4.74 Å². The predicted octanol–water partition coefficient (Wildman–Crippen LogP) is 5.44. The molecule has 8 rings (SSSR count). The van der Waals surface area contributed by atoms with Crippen molar-refractivity contribution in [1.29, 1.82) is 0 Å². The van der Waals surface area contributed by atoms with E-state index >= 15 is 0 Å². The number of anilines is 1. The van der Waals surface area contributed by atoms with E-state index in [-0.39, 0.29) is 40.7 Å². The SMILES string of the molecule is O=C(Oc1ccccc1N1C(=O)[C@@H]2C3c4ccccc4C(c4ccccc43)[C@H]2C1=O)c1ccccc1F. The molecule has 6 heteroatoms. The lowest BCUT2D eigenvalue weighted by Crippen LogP contribution is -2.41. The summed E-state index contributed by atoms with van der Waals surface area (Å²) in [6.07, 6.45) is 0. The summed E-state index contributed by atoms with van der Waals surface area (Å²) in [7, 11) is 0. The Labute approximate surface area is 212 Å². The van der Waals surface area contributed by atoms with Crippen LogP contribution in [-0.4, -0.2) is 17.8 Å². The zero-order valence-electron chi connectivity index (χ0n) is 19.5. The number of hydrogen-bond acceptors (Lipinski definition) is 4. The zero-order valence-corrected chi connectivity index (χ0v) is 19.5. The van der Waals surface area contributed by atoms with Gasteiger partial charge < -0.3 is 4.74 Å². The molecule has 0 N–H and O–H groups in total. The number of halogens is 1. The molecule has 5 nitrogen and oxygen atoms in total. The highest BCUT2D eigenvalue weighted by atomic mass is 19.1. The van der Waals surface area contributed by atoms with Gasteiger partial charge in [0.1, 0.15) is 5.82 Å². The summed E-state index contributed by atoms with van der Waals surface area (Å²) in [5.41, 5.74) is 4.27. The third-order valence-corrected chi connectivity index (χ3v) is 7.85. The van der Waals surface area contributed by atoms with Crippen LogP contribution >= 0.6 is 0 Å². The second-order valence-corrected chi connectivity index (χ2v) is 9.61. The molecule has 1 fully saturated rings. The molecule has 0 spiro atoms. The topological polar surface area (TPSA) is 63.7 Å². The van der Waals surface area contributed by atoms with Crippen molar-refractivity contribution in [3.05, 3.63) is 131 Å². The molecule has 180 valence electrons. The first-order chi connectivity index (χ1) is 18.1. The second-order valence-electron chi connectivity index (χ2n) is 9.61. The first-order valence-corrected chi connectivity index (χ1v) is 12.2. The third kappa shape index (κ3) is 2.99. The van der Waals surface area contributed by atoms with Gasteiger partial charge in [0.05, 0.1) is 23.1 Å². The van der Waals surface area contributed by atoms with E-state index in [1.165, 1.54) is 30.3 Å². The molecule has 0 radical (unpaired) electrons. The van der Waals surface area contributed by atoms with Gasteiger partial charge in [-0.2, -0.15) is 0 Å². The first-order valence-electron chi connectivity index (χ1n) is 12.2. The third-order valence-electron chi connectivity index (χ3n) is 7.85. The molecule has 37 heavy (non-hydrogen) atoms. The van der Waals surface area contributed by atoms with Crippen molar-refractivity contribution < 1.29 is 23.5 Å². The Bertz CT molecular complexity index is 1510. The van der Waals surface area contributed by atoms with E-state index in [0.29, 0.717) is 0 Å². The summed E-state index contributed by atoms with van der Waals surface area (Å²) in [5, 5.41) is 0. The number of nitrogens with zero attached hydrogens (tertiary/aromatic N) is 1. The number of benzene rings is 4. The number of para-hydroxylation sites is 2. The molecule has 4 aromatic carbocycles. The summed E-state index contributed by atoms with van der Waals surface area (Å²) in [4.78, 5) is 42.0. The maximum atomic E-state index is 14.2. The van der Waals surface area contributed by atoms with Gasteiger partial charge in [-0.3, -0.25) is 9.59 Å². The Hall–Kier alpha value is -4.58. The number of carbonyl (C=O) groups is 3. The summed E-state index contributed by atoms with van der Waals surface area (Å²) < 4.78 is 19.7. The highest BCUT2D eigenvalue weighted by Gasteiger charge is 2.62. The van der Waals surface area contributed by atoms with Crippen LogP contribution in [0.25, 0.3) is 0 Å². The number of rotatable bonds is 3. The van der Waals surface area contributed by atoms with E-state index in [1.807, 2.05) is 48.5 Å². The fourth-order valence-corrected chi connectivity index (χ4v) is 6.42. The predicted molar refractivity (Wildman–Crippen MR) is 134 cm³/mol. The van der Waals surface area contributed by atoms with Gasteiger partial charge in [0.2, 0.25) is 11.8 Å². The maximum Gasteiger partial charge on any atom is 0.346 e. The Kier molecular flexibility index (Phi) is 4.67. The Morgan fingerprint density at radius 2 is 1.11 bits per heavy atom. The molecule has 0 unspecified atom stereocenters. The van der Waals surface area contributed by atoms with E-state index in [9.17, 15) is 18.8 Å². The lowest BCUT2D eigenvalue weighted by molar-refractivity contribution is -0.122. The van der Waals surface area contributed by atoms with Gasteiger partial charge in [-0.15, -0.1) is 0 Å². The van der Waals surface area contributed by atoms with Crippen molar-refractivity contribution in [3.63, 3.8) is 0 Å². The quantitative estimate of drug-likeness (QED) is 0.218. The molecule has 0 aromatic heterocycles. The second kappa shape index (κ2) is 7.96. The van der Waals surface area contributed by atoms with Gasteiger partial charge in [0.25, 0.3) is 0 Å². The molecule has 3 aliphatic carbocycles. The van der Waals surface area contributed by atoms with E-state index < -0.39 is 23.6 Å². The van der Waals surface area contributed by atoms with Crippen LogP contribution in [-0.2, 0) is 9.59 Å². The van der Waals surface area contributed by atoms with Crippen molar-refractivity contribution in [3.8, 4) is 5.75 Å². The first kappa shape index (κ1) is 21.7. The monoisotopic (exact) mass is 489 g/mol. The van der Waals surface area contributed by atoms with Crippen LogP contribution < -0.4 is 9.64 Å². The summed E-state index contributed by atoms with van der Waals surface area (Å²) in [6.45, 7) is 0. The van der Waals surface area contributed by atoms with Crippen molar-refractivity contribution in [1.82, 2.24) is 0 Å². The lowest BCUT2D eigenvalue weighted by atomic mass is 9.55. The number of amides is 2. The molecule has 2 amide bonds. The summed E-state index contributed by atoms with van der Waals surface area (Å²) in [5.74, 6) is -3.81.